The van der Waals surface area contributed by atoms with Gasteiger partial charge in [-0.05, 0) is 24.1 Å². The lowest BCUT2D eigenvalue weighted by Crippen LogP contribution is -2.12. The van der Waals surface area contributed by atoms with Crippen LogP contribution in [0, 0.1) is 0 Å². The molecule has 1 aromatic rings. The van der Waals surface area contributed by atoms with Gasteiger partial charge in [0, 0.05) is 0 Å². The second kappa shape index (κ2) is 5.39. The van der Waals surface area contributed by atoms with Crippen molar-refractivity contribution in [2.75, 3.05) is 0 Å². The predicted molar refractivity (Wildman–Crippen MR) is 63.7 cm³/mol. The molecule has 1 rings (SSSR count). The topological polar surface area (TPSA) is 37.3 Å². The molecule has 0 aliphatic rings. The summed E-state index contributed by atoms with van der Waals surface area (Å²) in [7, 11) is 0. The molecule has 0 bridgehead atoms. The first-order valence-corrected chi connectivity index (χ1v) is 6.26. The number of benzene rings is 1. The Hall–Kier alpha value is -0.560. The molecule has 17 heavy (non-hydrogen) atoms. The Morgan fingerprint density at radius 1 is 1.35 bits per heavy atom. The third-order valence-electron chi connectivity index (χ3n) is 2.04. The maximum atomic E-state index is 12.7. The van der Waals surface area contributed by atoms with E-state index >= 15 is 0 Å². The van der Waals surface area contributed by atoms with Crippen molar-refractivity contribution >= 4 is 37.8 Å². The highest BCUT2D eigenvalue weighted by Crippen LogP contribution is 2.34. The van der Waals surface area contributed by atoms with E-state index < -0.39 is 17.7 Å². The molecule has 1 aromatic carbocycles. The highest BCUT2D eigenvalue weighted by atomic mass is 79.9. The average Bonchev–Trinajstić information content (AvgIpc) is 2.15. The Balaban J connectivity index is 3.27. The summed E-state index contributed by atoms with van der Waals surface area (Å²) >= 11 is 6.18. The van der Waals surface area contributed by atoms with Crippen LogP contribution in [0.15, 0.2) is 18.2 Å². The third-order valence-corrected chi connectivity index (χ3v) is 2.68. The molecule has 94 valence electrons. The van der Waals surface area contributed by atoms with E-state index in [1.54, 1.807) is 0 Å². The number of rotatable bonds is 3. The standard InChI is InChI=1S/C10H7Br2F3O2/c11-8(12)4-5-1-2-6(9(16)17)3-7(5)10(13,14)15/h1-3,8H,4H2,(H,16,17). The van der Waals surface area contributed by atoms with Crippen molar-refractivity contribution in [3.8, 4) is 0 Å². The second-order valence-corrected chi connectivity index (χ2v) is 6.71. The number of carboxylic acid groups (broad SMARTS) is 1. The van der Waals surface area contributed by atoms with Gasteiger partial charge < -0.3 is 5.11 Å². The summed E-state index contributed by atoms with van der Waals surface area (Å²) < 4.78 is 37.9. The summed E-state index contributed by atoms with van der Waals surface area (Å²) in [5, 5.41) is 8.66. The van der Waals surface area contributed by atoms with Crippen LogP contribution in [0.1, 0.15) is 21.5 Å². The van der Waals surface area contributed by atoms with Gasteiger partial charge in [0.15, 0.2) is 0 Å². The van der Waals surface area contributed by atoms with Gasteiger partial charge in [0.2, 0.25) is 0 Å². The van der Waals surface area contributed by atoms with Gasteiger partial charge in [-0.2, -0.15) is 13.2 Å². The SMILES string of the molecule is O=C(O)c1ccc(CC(Br)Br)c(C(F)(F)F)c1. The first-order chi connectivity index (χ1) is 7.71. The summed E-state index contributed by atoms with van der Waals surface area (Å²) in [6, 6.07) is 3.00. The molecule has 0 heterocycles. The minimum Gasteiger partial charge on any atom is -0.478 e. The summed E-state index contributed by atoms with van der Waals surface area (Å²) in [6.07, 6.45) is -4.45. The van der Waals surface area contributed by atoms with Crippen LogP contribution in [0.2, 0.25) is 0 Å². The third kappa shape index (κ3) is 3.99. The van der Waals surface area contributed by atoms with Gasteiger partial charge in [-0.3, -0.25) is 0 Å². The van der Waals surface area contributed by atoms with E-state index in [-0.39, 0.29) is 21.3 Å². The average molecular weight is 376 g/mol. The van der Waals surface area contributed by atoms with Gasteiger partial charge >= 0.3 is 12.1 Å². The molecule has 2 nitrogen and oxygen atoms in total. The monoisotopic (exact) mass is 374 g/mol. The molecular weight excluding hydrogens is 369 g/mol. The molecule has 1 N–H and O–H groups in total. The van der Waals surface area contributed by atoms with Crippen LogP contribution >= 0.6 is 31.9 Å². The Morgan fingerprint density at radius 3 is 2.35 bits per heavy atom. The molecule has 0 amide bonds. The molecule has 0 aliphatic heterocycles. The minimum absolute atomic E-state index is 0.0428. The van der Waals surface area contributed by atoms with Gasteiger partial charge in [0.05, 0.1) is 14.9 Å². The Labute approximate surface area is 112 Å². The van der Waals surface area contributed by atoms with Gasteiger partial charge in [-0.1, -0.05) is 37.9 Å². The molecule has 0 aromatic heterocycles. The minimum atomic E-state index is -4.56. The molecular formula is C10H7Br2F3O2. The largest absolute Gasteiger partial charge is 0.478 e. The molecule has 0 saturated carbocycles. The maximum Gasteiger partial charge on any atom is 0.416 e. The summed E-state index contributed by atoms with van der Waals surface area (Å²) in [5.74, 6) is -1.38. The van der Waals surface area contributed by atoms with E-state index in [9.17, 15) is 18.0 Å². The Morgan fingerprint density at radius 2 is 1.94 bits per heavy atom. The zero-order chi connectivity index (χ0) is 13.2. The number of hydrogen-bond donors (Lipinski definition) is 1. The molecule has 0 fully saturated rings. The number of carbonyl (C=O) groups is 1. The maximum absolute atomic E-state index is 12.7. The molecule has 7 heteroatoms. The highest BCUT2D eigenvalue weighted by Gasteiger charge is 2.34. The molecule has 0 atom stereocenters. The van der Waals surface area contributed by atoms with Crippen LogP contribution in [0.4, 0.5) is 13.2 Å². The fraction of sp³-hybridized carbons (Fsp3) is 0.300. The lowest BCUT2D eigenvalue weighted by Gasteiger charge is -2.14. The number of carboxylic acids is 1. The van der Waals surface area contributed by atoms with Crippen LogP contribution < -0.4 is 0 Å². The molecule has 0 aliphatic carbocycles. The van der Waals surface area contributed by atoms with Gasteiger partial charge in [0.25, 0.3) is 0 Å². The fourth-order valence-electron chi connectivity index (χ4n) is 1.32. The smallest absolute Gasteiger partial charge is 0.416 e. The van der Waals surface area contributed by atoms with Gasteiger partial charge in [-0.15, -0.1) is 0 Å². The fourth-order valence-corrected chi connectivity index (χ4v) is 2.02. The molecule has 0 unspecified atom stereocenters. The highest BCUT2D eigenvalue weighted by molar-refractivity contribution is 9.24. The van der Waals surface area contributed by atoms with Crippen molar-refractivity contribution in [1.29, 1.82) is 0 Å². The van der Waals surface area contributed by atoms with Crippen LogP contribution in [0.3, 0.4) is 0 Å². The van der Waals surface area contributed by atoms with E-state index in [1.165, 1.54) is 6.07 Å². The van der Waals surface area contributed by atoms with Crippen molar-refractivity contribution in [3.63, 3.8) is 0 Å². The Kier molecular flexibility index (Phi) is 4.60. The van der Waals surface area contributed by atoms with Crippen molar-refractivity contribution in [2.24, 2.45) is 0 Å². The zero-order valence-corrected chi connectivity index (χ0v) is 11.4. The molecule has 0 spiro atoms. The van der Waals surface area contributed by atoms with E-state index in [0.29, 0.717) is 6.07 Å². The second-order valence-electron chi connectivity index (χ2n) is 3.27. The van der Waals surface area contributed by atoms with Crippen molar-refractivity contribution < 1.29 is 23.1 Å². The van der Waals surface area contributed by atoms with Crippen LogP contribution in [-0.2, 0) is 12.6 Å². The Bertz CT molecular complexity index is 430. The lowest BCUT2D eigenvalue weighted by atomic mass is 10.0. The first-order valence-electron chi connectivity index (χ1n) is 4.43. The van der Waals surface area contributed by atoms with Crippen LogP contribution in [0.25, 0.3) is 0 Å². The van der Waals surface area contributed by atoms with Crippen LogP contribution in [0.5, 0.6) is 0 Å². The molecule has 0 radical (unpaired) electrons. The summed E-state index contributed by atoms with van der Waals surface area (Å²) in [5.41, 5.74) is -1.25. The number of hydrogen-bond acceptors (Lipinski definition) is 1. The number of halogens is 5. The van der Waals surface area contributed by atoms with E-state index in [0.717, 1.165) is 6.07 Å². The summed E-state index contributed by atoms with van der Waals surface area (Å²) in [6.45, 7) is 0. The van der Waals surface area contributed by atoms with Crippen molar-refractivity contribution in [2.45, 2.75) is 16.3 Å². The zero-order valence-electron chi connectivity index (χ0n) is 8.26. The molecule has 0 saturated heterocycles. The van der Waals surface area contributed by atoms with Crippen LogP contribution in [-0.4, -0.2) is 14.8 Å². The number of alkyl halides is 5. The predicted octanol–water partition coefficient (Wildman–Crippen LogP) is 4.06. The lowest BCUT2D eigenvalue weighted by molar-refractivity contribution is -0.138. The normalized spacial score (nSPS) is 11.9. The summed E-state index contributed by atoms with van der Waals surface area (Å²) in [4.78, 5) is 10.6. The first kappa shape index (κ1) is 14.5. The van der Waals surface area contributed by atoms with E-state index in [4.69, 9.17) is 5.11 Å². The van der Waals surface area contributed by atoms with Gasteiger partial charge in [0.1, 0.15) is 0 Å². The van der Waals surface area contributed by atoms with E-state index in [2.05, 4.69) is 31.9 Å². The van der Waals surface area contributed by atoms with Gasteiger partial charge in [-0.25, -0.2) is 4.79 Å². The van der Waals surface area contributed by atoms with Crippen molar-refractivity contribution in [3.05, 3.63) is 34.9 Å². The van der Waals surface area contributed by atoms with Crippen molar-refractivity contribution in [1.82, 2.24) is 0 Å². The number of aromatic carboxylic acids is 1. The quantitative estimate of drug-likeness (QED) is 0.809. The van der Waals surface area contributed by atoms with E-state index in [1.807, 2.05) is 0 Å².